The van der Waals surface area contributed by atoms with Gasteiger partial charge >= 0.3 is 0 Å². The van der Waals surface area contributed by atoms with Gasteiger partial charge in [0.05, 0.1) is 11.9 Å². The Morgan fingerprint density at radius 1 is 1.00 bits per heavy atom. The van der Waals surface area contributed by atoms with Crippen molar-refractivity contribution in [3.63, 3.8) is 0 Å². The molecule has 38 heavy (non-hydrogen) atoms. The average molecular weight is 562 g/mol. The van der Waals surface area contributed by atoms with Crippen LogP contribution in [0.4, 0.5) is 5.69 Å². The quantitative estimate of drug-likeness (QED) is 0.452. The maximum Gasteiger partial charge on any atom is 0.244 e. The zero-order chi connectivity index (χ0) is 28.1. The Kier molecular flexibility index (Phi) is 9.87. The van der Waals surface area contributed by atoms with Crippen molar-refractivity contribution in [1.29, 1.82) is 0 Å². The lowest BCUT2D eigenvalue weighted by atomic mass is 9.87. The molecule has 1 N–H and O–H groups in total. The number of sulfonamides is 1. The van der Waals surface area contributed by atoms with Crippen molar-refractivity contribution in [2.24, 2.45) is 0 Å². The third-order valence-corrected chi connectivity index (χ3v) is 8.48. The summed E-state index contributed by atoms with van der Waals surface area (Å²) in [5, 5.41) is 3.66. The van der Waals surface area contributed by atoms with Crippen molar-refractivity contribution in [2.45, 2.75) is 83.8 Å². The molecule has 0 saturated heterocycles. The highest BCUT2D eigenvalue weighted by molar-refractivity contribution is 7.92. The fraction of sp³-hybridized carbons (Fsp3) is 0.517. The van der Waals surface area contributed by atoms with Crippen molar-refractivity contribution >= 4 is 39.1 Å². The van der Waals surface area contributed by atoms with Crippen LogP contribution in [0.15, 0.2) is 48.5 Å². The minimum absolute atomic E-state index is 0.0965. The van der Waals surface area contributed by atoms with E-state index in [2.05, 4.69) is 26.1 Å². The maximum absolute atomic E-state index is 13.7. The van der Waals surface area contributed by atoms with Crippen LogP contribution in [0.5, 0.6) is 0 Å². The molecule has 3 rings (SSSR count). The highest BCUT2D eigenvalue weighted by atomic mass is 35.5. The van der Waals surface area contributed by atoms with Gasteiger partial charge in [-0.1, -0.05) is 75.9 Å². The van der Waals surface area contributed by atoms with Crippen LogP contribution >= 0.6 is 11.6 Å². The zero-order valence-electron chi connectivity index (χ0n) is 23.0. The van der Waals surface area contributed by atoms with E-state index in [1.54, 1.807) is 43.3 Å². The number of anilines is 1. The number of carbonyl (C=O) groups excluding carboxylic acids is 2. The molecule has 1 saturated carbocycles. The first-order valence-electron chi connectivity index (χ1n) is 13.2. The summed E-state index contributed by atoms with van der Waals surface area (Å²) in [6.07, 6.45) is 6.25. The van der Waals surface area contributed by atoms with Crippen LogP contribution in [-0.4, -0.2) is 50.0 Å². The van der Waals surface area contributed by atoms with Gasteiger partial charge in [0.2, 0.25) is 21.8 Å². The Hall–Kier alpha value is -2.58. The normalized spacial score (nSPS) is 15.5. The zero-order valence-corrected chi connectivity index (χ0v) is 24.6. The van der Waals surface area contributed by atoms with Gasteiger partial charge in [0.1, 0.15) is 12.6 Å². The molecule has 0 radical (unpaired) electrons. The molecule has 0 spiro atoms. The summed E-state index contributed by atoms with van der Waals surface area (Å²) in [7, 11) is -3.77. The lowest BCUT2D eigenvalue weighted by Crippen LogP contribution is -2.52. The molecule has 1 aliphatic rings. The Balaban J connectivity index is 1.87. The van der Waals surface area contributed by atoms with E-state index >= 15 is 0 Å². The van der Waals surface area contributed by atoms with E-state index in [-0.39, 0.29) is 23.9 Å². The lowest BCUT2D eigenvalue weighted by Gasteiger charge is -2.33. The molecular formula is C29H40ClN3O4S. The second-order valence-electron chi connectivity index (χ2n) is 11.2. The monoisotopic (exact) mass is 561 g/mol. The first-order chi connectivity index (χ1) is 17.8. The smallest absolute Gasteiger partial charge is 0.244 e. The fourth-order valence-electron chi connectivity index (χ4n) is 4.68. The van der Waals surface area contributed by atoms with Crippen molar-refractivity contribution in [1.82, 2.24) is 10.2 Å². The van der Waals surface area contributed by atoms with E-state index in [9.17, 15) is 18.0 Å². The van der Waals surface area contributed by atoms with E-state index in [0.717, 1.165) is 47.4 Å². The molecule has 2 aromatic rings. The van der Waals surface area contributed by atoms with Gasteiger partial charge in [0, 0.05) is 17.6 Å². The van der Waals surface area contributed by atoms with Crippen LogP contribution in [0, 0.1) is 0 Å². The molecule has 2 aromatic carbocycles. The predicted octanol–water partition coefficient (Wildman–Crippen LogP) is 5.27. The minimum Gasteiger partial charge on any atom is -0.352 e. The van der Waals surface area contributed by atoms with E-state index in [1.165, 1.54) is 11.3 Å². The molecule has 0 heterocycles. The number of carbonyl (C=O) groups is 2. The van der Waals surface area contributed by atoms with Gasteiger partial charge in [-0.3, -0.25) is 13.9 Å². The molecule has 208 valence electrons. The first-order valence-corrected chi connectivity index (χ1v) is 15.4. The molecule has 0 unspecified atom stereocenters. The molecule has 1 fully saturated rings. The largest absolute Gasteiger partial charge is 0.352 e. The predicted molar refractivity (Wildman–Crippen MR) is 154 cm³/mol. The van der Waals surface area contributed by atoms with Gasteiger partial charge in [-0.25, -0.2) is 8.42 Å². The summed E-state index contributed by atoms with van der Waals surface area (Å²) in [6.45, 7) is 7.66. The number of hydrogen-bond acceptors (Lipinski definition) is 4. The van der Waals surface area contributed by atoms with Crippen LogP contribution < -0.4 is 9.62 Å². The van der Waals surface area contributed by atoms with Gasteiger partial charge in [0.25, 0.3) is 0 Å². The fourth-order valence-corrected chi connectivity index (χ4v) is 5.65. The average Bonchev–Trinajstić information content (AvgIpc) is 2.86. The van der Waals surface area contributed by atoms with Crippen LogP contribution in [0.3, 0.4) is 0 Å². The molecular weight excluding hydrogens is 522 g/mol. The SMILES string of the molecule is C[C@H](C(=O)NC1CCCCC1)N(Cc1ccc(Cl)cc1)C(=O)CN(c1ccc(C(C)(C)C)cc1)S(C)(=O)=O. The Bertz CT molecular complexity index is 1200. The molecule has 2 amide bonds. The van der Waals surface area contributed by atoms with Crippen molar-refractivity contribution in [3.05, 3.63) is 64.7 Å². The molecule has 0 aliphatic heterocycles. The standard InChI is InChI=1S/C29H40ClN3O4S/c1-21(28(35)31-25-9-7-6-8-10-25)32(19-22-11-15-24(30)16-12-22)27(34)20-33(38(5,36)37)26-17-13-23(14-18-26)29(2,3)4/h11-18,21,25H,6-10,19-20H2,1-5H3,(H,31,35)/t21-/m1/s1. The third kappa shape index (κ3) is 8.21. The number of rotatable bonds is 9. The van der Waals surface area contributed by atoms with Crippen LogP contribution in [0.25, 0.3) is 0 Å². The van der Waals surface area contributed by atoms with E-state index in [0.29, 0.717) is 10.7 Å². The topological polar surface area (TPSA) is 86.8 Å². The van der Waals surface area contributed by atoms with Crippen LogP contribution in [-0.2, 0) is 31.6 Å². The molecule has 1 aliphatic carbocycles. The Morgan fingerprint density at radius 2 is 1.58 bits per heavy atom. The van der Waals surface area contributed by atoms with Gasteiger partial charge in [-0.2, -0.15) is 0 Å². The number of nitrogens with one attached hydrogen (secondary N) is 1. The summed E-state index contributed by atoms with van der Waals surface area (Å²) >= 11 is 6.04. The van der Waals surface area contributed by atoms with Gasteiger partial charge in [0.15, 0.2) is 0 Å². The Labute approximate surface area is 232 Å². The summed E-state index contributed by atoms with van der Waals surface area (Å²) in [6, 6.07) is 13.6. The van der Waals surface area contributed by atoms with Gasteiger partial charge in [-0.15, -0.1) is 0 Å². The molecule has 0 bridgehead atoms. The second kappa shape index (κ2) is 12.5. The number of amides is 2. The molecule has 1 atom stereocenters. The minimum atomic E-state index is -3.77. The van der Waals surface area contributed by atoms with Crippen molar-refractivity contribution in [2.75, 3.05) is 17.1 Å². The number of halogens is 1. The van der Waals surface area contributed by atoms with Crippen molar-refractivity contribution in [3.8, 4) is 0 Å². The van der Waals surface area contributed by atoms with E-state index in [1.807, 2.05) is 12.1 Å². The van der Waals surface area contributed by atoms with E-state index < -0.39 is 28.5 Å². The summed E-state index contributed by atoms with van der Waals surface area (Å²) in [5.74, 6) is -0.698. The second-order valence-corrected chi connectivity index (χ2v) is 13.6. The lowest BCUT2D eigenvalue weighted by molar-refractivity contribution is -0.139. The molecule has 9 heteroatoms. The first kappa shape index (κ1) is 30.0. The summed E-state index contributed by atoms with van der Waals surface area (Å²) < 4.78 is 26.7. The Morgan fingerprint density at radius 3 is 2.11 bits per heavy atom. The van der Waals surface area contributed by atoms with E-state index in [4.69, 9.17) is 11.6 Å². The maximum atomic E-state index is 13.7. The highest BCUT2D eigenvalue weighted by Gasteiger charge is 2.31. The molecule has 0 aromatic heterocycles. The van der Waals surface area contributed by atoms with Gasteiger partial charge in [-0.05, 0) is 60.6 Å². The number of hydrogen-bond donors (Lipinski definition) is 1. The molecule has 7 nitrogen and oxygen atoms in total. The van der Waals surface area contributed by atoms with Crippen molar-refractivity contribution < 1.29 is 18.0 Å². The third-order valence-electron chi connectivity index (χ3n) is 7.09. The number of benzene rings is 2. The highest BCUT2D eigenvalue weighted by Crippen LogP contribution is 2.26. The van der Waals surface area contributed by atoms with Crippen LogP contribution in [0.2, 0.25) is 5.02 Å². The number of nitrogens with zero attached hydrogens (tertiary/aromatic N) is 2. The van der Waals surface area contributed by atoms with Crippen LogP contribution in [0.1, 0.15) is 70.9 Å². The summed E-state index contributed by atoms with van der Waals surface area (Å²) in [4.78, 5) is 28.4. The van der Waals surface area contributed by atoms with Gasteiger partial charge < -0.3 is 10.2 Å². The summed E-state index contributed by atoms with van der Waals surface area (Å²) in [5.41, 5.74) is 2.15.